The molecular formula is C14H13NO2. The van der Waals surface area contributed by atoms with Crippen LogP contribution in [0.1, 0.15) is 17.2 Å². The van der Waals surface area contributed by atoms with Crippen LogP contribution in [0.4, 0.5) is 0 Å². The van der Waals surface area contributed by atoms with Crippen LogP contribution in [-0.2, 0) is 0 Å². The third-order valence-electron chi connectivity index (χ3n) is 2.55. The number of benzene rings is 2. The fraction of sp³-hybridized carbons (Fsp3) is 0.0714. The molecule has 0 aliphatic rings. The normalized spacial score (nSPS) is 13.4. The van der Waals surface area contributed by atoms with Crippen molar-refractivity contribution in [2.75, 3.05) is 0 Å². The second-order valence-corrected chi connectivity index (χ2v) is 3.66. The number of rotatable bonds is 3. The van der Waals surface area contributed by atoms with E-state index in [-0.39, 0.29) is 5.71 Å². The first-order chi connectivity index (χ1) is 8.33. The van der Waals surface area contributed by atoms with E-state index < -0.39 is 6.10 Å². The van der Waals surface area contributed by atoms with Gasteiger partial charge in [0, 0.05) is 5.56 Å². The number of aliphatic hydroxyl groups is 1. The van der Waals surface area contributed by atoms with Gasteiger partial charge in [0.1, 0.15) is 11.8 Å². The maximum atomic E-state index is 10.1. The van der Waals surface area contributed by atoms with Crippen LogP contribution in [0.15, 0.2) is 65.8 Å². The van der Waals surface area contributed by atoms with Crippen molar-refractivity contribution in [3.8, 4) is 0 Å². The summed E-state index contributed by atoms with van der Waals surface area (Å²) in [5.74, 6) is 0. The lowest BCUT2D eigenvalue weighted by atomic mass is 9.99. The number of oxime groups is 1. The molecule has 0 aliphatic heterocycles. The lowest BCUT2D eigenvalue weighted by molar-refractivity contribution is 0.235. The lowest BCUT2D eigenvalue weighted by Gasteiger charge is -2.12. The highest BCUT2D eigenvalue weighted by molar-refractivity contribution is 6.03. The molecule has 0 radical (unpaired) electrons. The minimum absolute atomic E-state index is 0.247. The first-order valence-corrected chi connectivity index (χ1v) is 5.33. The monoisotopic (exact) mass is 227 g/mol. The van der Waals surface area contributed by atoms with Crippen LogP contribution in [0.25, 0.3) is 0 Å². The summed E-state index contributed by atoms with van der Waals surface area (Å²) < 4.78 is 0. The first-order valence-electron chi connectivity index (χ1n) is 5.33. The summed E-state index contributed by atoms with van der Waals surface area (Å²) in [5, 5.41) is 22.4. The van der Waals surface area contributed by atoms with E-state index in [4.69, 9.17) is 5.21 Å². The Morgan fingerprint density at radius 2 is 1.41 bits per heavy atom. The van der Waals surface area contributed by atoms with Crippen LogP contribution in [0, 0.1) is 0 Å². The standard InChI is InChI=1S/C14H13NO2/c16-14(12-9-5-2-6-10-12)13(15-17)11-7-3-1-4-8-11/h1-10,14,16-17H/t14-/m0/s1. The molecule has 3 nitrogen and oxygen atoms in total. The third kappa shape index (κ3) is 2.52. The van der Waals surface area contributed by atoms with Gasteiger partial charge in [0.25, 0.3) is 0 Å². The summed E-state index contributed by atoms with van der Waals surface area (Å²) in [6.07, 6.45) is -0.927. The van der Waals surface area contributed by atoms with Crippen molar-refractivity contribution in [1.29, 1.82) is 0 Å². The third-order valence-corrected chi connectivity index (χ3v) is 2.55. The minimum Gasteiger partial charge on any atom is -0.411 e. The molecule has 2 aromatic carbocycles. The molecule has 2 aromatic rings. The van der Waals surface area contributed by atoms with E-state index in [0.29, 0.717) is 11.1 Å². The second-order valence-electron chi connectivity index (χ2n) is 3.66. The van der Waals surface area contributed by atoms with E-state index >= 15 is 0 Å². The fourth-order valence-corrected chi connectivity index (χ4v) is 1.67. The molecule has 0 heterocycles. The maximum absolute atomic E-state index is 10.1. The van der Waals surface area contributed by atoms with Crippen LogP contribution in [-0.4, -0.2) is 16.0 Å². The van der Waals surface area contributed by atoms with Crippen molar-refractivity contribution in [2.45, 2.75) is 6.10 Å². The zero-order valence-electron chi connectivity index (χ0n) is 9.19. The van der Waals surface area contributed by atoms with Crippen LogP contribution in [0.5, 0.6) is 0 Å². The Kier molecular flexibility index (Phi) is 3.52. The first kappa shape index (κ1) is 11.4. The van der Waals surface area contributed by atoms with Gasteiger partial charge in [-0.15, -0.1) is 0 Å². The van der Waals surface area contributed by atoms with Gasteiger partial charge in [-0.05, 0) is 5.56 Å². The van der Waals surface area contributed by atoms with E-state index in [9.17, 15) is 5.11 Å². The largest absolute Gasteiger partial charge is 0.411 e. The molecule has 0 amide bonds. The van der Waals surface area contributed by atoms with E-state index in [1.165, 1.54) is 0 Å². The zero-order chi connectivity index (χ0) is 12.1. The van der Waals surface area contributed by atoms with Crippen LogP contribution in [0.2, 0.25) is 0 Å². The fourth-order valence-electron chi connectivity index (χ4n) is 1.67. The van der Waals surface area contributed by atoms with Gasteiger partial charge in [0.2, 0.25) is 0 Å². The van der Waals surface area contributed by atoms with E-state index in [1.54, 1.807) is 24.3 Å². The Bertz CT molecular complexity index is 494. The molecule has 0 saturated heterocycles. The van der Waals surface area contributed by atoms with Gasteiger partial charge in [0.05, 0.1) is 0 Å². The Labute approximate surface area is 99.7 Å². The van der Waals surface area contributed by atoms with Crippen molar-refractivity contribution >= 4 is 5.71 Å². The average molecular weight is 227 g/mol. The molecule has 0 aliphatic carbocycles. The summed E-state index contributed by atoms with van der Waals surface area (Å²) in [6.45, 7) is 0. The van der Waals surface area contributed by atoms with Gasteiger partial charge in [-0.3, -0.25) is 0 Å². The molecule has 2 rings (SSSR count). The summed E-state index contributed by atoms with van der Waals surface area (Å²) in [7, 11) is 0. The molecule has 0 spiro atoms. The SMILES string of the molecule is ON=C(c1ccccc1)[C@@H](O)c1ccccc1. The van der Waals surface area contributed by atoms with Gasteiger partial charge in [-0.25, -0.2) is 0 Å². The second kappa shape index (κ2) is 5.27. The average Bonchev–Trinajstić information content (AvgIpc) is 2.42. The van der Waals surface area contributed by atoms with Crippen molar-refractivity contribution in [1.82, 2.24) is 0 Å². The van der Waals surface area contributed by atoms with Gasteiger partial charge in [0.15, 0.2) is 0 Å². The predicted octanol–water partition coefficient (Wildman–Crippen LogP) is 2.60. The topological polar surface area (TPSA) is 52.8 Å². The van der Waals surface area contributed by atoms with Gasteiger partial charge in [-0.1, -0.05) is 65.8 Å². The van der Waals surface area contributed by atoms with Crippen LogP contribution in [0.3, 0.4) is 0 Å². The maximum Gasteiger partial charge on any atom is 0.125 e. The van der Waals surface area contributed by atoms with E-state index in [2.05, 4.69) is 5.16 Å². The van der Waals surface area contributed by atoms with Gasteiger partial charge < -0.3 is 10.3 Å². The van der Waals surface area contributed by atoms with Gasteiger partial charge >= 0.3 is 0 Å². The Hall–Kier alpha value is -2.13. The quantitative estimate of drug-likeness (QED) is 0.481. The molecule has 3 heteroatoms. The lowest BCUT2D eigenvalue weighted by Crippen LogP contribution is -2.13. The Balaban J connectivity index is 2.33. The number of hydrogen-bond acceptors (Lipinski definition) is 3. The molecule has 0 saturated carbocycles. The number of aliphatic hydroxyl groups excluding tert-OH is 1. The minimum atomic E-state index is -0.927. The molecule has 0 aromatic heterocycles. The molecular weight excluding hydrogens is 214 g/mol. The van der Waals surface area contributed by atoms with Crippen molar-refractivity contribution in [3.63, 3.8) is 0 Å². The molecule has 0 unspecified atom stereocenters. The van der Waals surface area contributed by atoms with Crippen LogP contribution >= 0.6 is 0 Å². The summed E-state index contributed by atoms with van der Waals surface area (Å²) in [4.78, 5) is 0. The highest BCUT2D eigenvalue weighted by atomic mass is 16.4. The molecule has 0 fully saturated rings. The molecule has 17 heavy (non-hydrogen) atoms. The van der Waals surface area contributed by atoms with Crippen LogP contribution < -0.4 is 0 Å². The van der Waals surface area contributed by atoms with Crippen molar-refractivity contribution in [3.05, 3.63) is 71.8 Å². The summed E-state index contributed by atoms with van der Waals surface area (Å²) >= 11 is 0. The van der Waals surface area contributed by atoms with E-state index in [1.807, 2.05) is 36.4 Å². The molecule has 86 valence electrons. The molecule has 0 bridgehead atoms. The number of nitrogens with zero attached hydrogens (tertiary/aromatic N) is 1. The Morgan fingerprint density at radius 1 is 0.882 bits per heavy atom. The smallest absolute Gasteiger partial charge is 0.125 e. The summed E-state index contributed by atoms with van der Waals surface area (Å²) in [6, 6.07) is 18.2. The highest BCUT2D eigenvalue weighted by Crippen LogP contribution is 2.18. The predicted molar refractivity (Wildman–Crippen MR) is 66.2 cm³/mol. The molecule has 2 N–H and O–H groups in total. The van der Waals surface area contributed by atoms with Gasteiger partial charge in [-0.2, -0.15) is 0 Å². The highest BCUT2D eigenvalue weighted by Gasteiger charge is 2.17. The summed E-state index contributed by atoms with van der Waals surface area (Å²) in [5.41, 5.74) is 1.65. The van der Waals surface area contributed by atoms with Crippen molar-refractivity contribution in [2.24, 2.45) is 5.16 Å². The van der Waals surface area contributed by atoms with E-state index in [0.717, 1.165) is 0 Å². The van der Waals surface area contributed by atoms with Crippen molar-refractivity contribution < 1.29 is 10.3 Å². The Morgan fingerprint density at radius 3 is 1.94 bits per heavy atom. The number of hydrogen-bond donors (Lipinski definition) is 2. The molecule has 1 atom stereocenters. The zero-order valence-corrected chi connectivity index (χ0v) is 9.19.